The Bertz CT molecular complexity index is 1400. The molecule has 1 saturated heterocycles. The summed E-state index contributed by atoms with van der Waals surface area (Å²) >= 11 is -2.31. The van der Waals surface area contributed by atoms with Gasteiger partial charge in [-0.1, -0.05) is 12.6 Å². The van der Waals surface area contributed by atoms with Crippen molar-refractivity contribution in [1.82, 2.24) is 24.8 Å². The lowest BCUT2D eigenvalue weighted by molar-refractivity contribution is -0.106. The van der Waals surface area contributed by atoms with Crippen molar-refractivity contribution in [3.05, 3.63) is 77.3 Å². The van der Waals surface area contributed by atoms with Gasteiger partial charge in [0.1, 0.15) is 0 Å². The number of benzene rings is 1. The smallest absolute Gasteiger partial charge is 0.435 e. The van der Waals surface area contributed by atoms with E-state index in [9.17, 15) is 17.7 Å². The second-order valence-electron chi connectivity index (χ2n) is 10.9. The van der Waals surface area contributed by atoms with Crippen LogP contribution < -0.4 is 10.0 Å². The van der Waals surface area contributed by atoms with Crippen LogP contribution in [0.4, 0.5) is 30.6 Å². The molecule has 41 heavy (non-hydrogen) atoms. The van der Waals surface area contributed by atoms with Crippen LogP contribution in [0.15, 0.2) is 49.3 Å². The summed E-state index contributed by atoms with van der Waals surface area (Å²) in [7, 11) is 0. The SMILES string of the molecule is C=C(c1ccnc(N[S+]([O-])CC(F)(F)F)c1)N1CC[C@@H](N2Cc3cnc(Nc4cc(C)cc(C)c4)nc3C2)C[C@H]1C. The molecule has 0 amide bonds. The van der Waals surface area contributed by atoms with E-state index < -0.39 is 23.3 Å². The number of anilines is 3. The molecule has 3 atom stereocenters. The minimum atomic E-state index is -4.53. The highest BCUT2D eigenvalue weighted by molar-refractivity contribution is 7.92. The van der Waals surface area contributed by atoms with Gasteiger partial charge in [-0.25, -0.2) is 15.0 Å². The van der Waals surface area contributed by atoms with Crippen molar-refractivity contribution < 1.29 is 17.7 Å². The van der Waals surface area contributed by atoms with E-state index >= 15 is 0 Å². The predicted octanol–water partition coefficient (Wildman–Crippen LogP) is 5.71. The van der Waals surface area contributed by atoms with Gasteiger partial charge in [-0.3, -0.25) is 4.90 Å². The Hall–Kier alpha value is -3.35. The molecular weight excluding hydrogens is 551 g/mol. The second-order valence-corrected chi connectivity index (χ2v) is 12.1. The molecule has 0 saturated carbocycles. The Morgan fingerprint density at radius 1 is 1.15 bits per heavy atom. The maximum Gasteiger partial charge on any atom is 0.435 e. The topological polar surface area (TPSA) is 92.3 Å². The summed E-state index contributed by atoms with van der Waals surface area (Å²) in [6.45, 7) is 12.9. The third kappa shape index (κ3) is 7.30. The lowest BCUT2D eigenvalue weighted by atomic mass is 9.95. The van der Waals surface area contributed by atoms with Gasteiger partial charge in [0, 0.05) is 66.6 Å². The Morgan fingerprint density at radius 3 is 2.61 bits per heavy atom. The van der Waals surface area contributed by atoms with E-state index in [1.807, 2.05) is 6.20 Å². The molecule has 4 heterocycles. The first-order valence-corrected chi connectivity index (χ1v) is 14.8. The summed E-state index contributed by atoms with van der Waals surface area (Å²) < 4.78 is 51.8. The van der Waals surface area contributed by atoms with Crippen molar-refractivity contribution >= 4 is 34.5 Å². The first-order chi connectivity index (χ1) is 19.4. The number of hydrogen-bond donors (Lipinski definition) is 2. The molecule has 2 aliphatic heterocycles. The highest BCUT2D eigenvalue weighted by Gasteiger charge is 2.36. The molecule has 0 radical (unpaired) electrons. The number of pyridine rings is 1. The molecule has 0 aliphatic carbocycles. The summed E-state index contributed by atoms with van der Waals surface area (Å²) in [6.07, 6.45) is 0.743. The molecule has 3 aromatic rings. The summed E-state index contributed by atoms with van der Waals surface area (Å²) in [6, 6.07) is 10.2. The van der Waals surface area contributed by atoms with Gasteiger partial charge in [-0.05, 0) is 69.0 Å². The Kier molecular flexibility index (Phi) is 8.44. The third-order valence-electron chi connectivity index (χ3n) is 7.48. The van der Waals surface area contributed by atoms with Crippen LogP contribution in [0.5, 0.6) is 0 Å². The number of hydrogen-bond acceptors (Lipinski definition) is 8. The van der Waals surface area contributed by atoms with Crippen molar-refractivity contribution in [3.8, 4) is 0 Å². The molecule has 2 aromatic heterocycles. The minimum absolute atomic E-state index is 0.121. The van der Waals surface area contributed by atoms with E-state index in [4.69, 9.17) is 4.98 Å². The maximum atomic E-state index is 12.6. The Morgan fingerprint density at radius 2 is 1.90 bits per heavy atom. The number of piperidine rings is 1. The molecule has 218 valence electrons. The summed E-state index contributed by atoms with van der Waals surface area (Å²) in [5.41, 5.74) is 7.03. The van der Waals surface area contributed by atoms with E-state index in [1.165, 1.54) is 17.3 Å². The number of alkyl halides is 3. The van der Waals surface area contributed by atoms with E-state index in [2.05, 4.69) is 75.4 Å². The first kappa shape index (κ1) is 29.2. The van der Waals surface area contributed by atoms with E-state index in [-0.39, 0.29) is 11.9 Å². The average molecular weight is 586 g/mol. The number of aromatic nitrogens is 3. The number of nitrogens with one attached hydrogen (secondary N) is 2. The van der Waals surface area contributed by atoms with Gasteiger partial charge in [0.15, 0.2) is 5.82 Å². The standard InChI is InChI=1S/C29H34F3N7OS/c1-18-9-19(2)11-24(10-18)35-28-34-14-23-15-38(16-26(23)36-28)25-6-8-39(20(3)12-25)21(4)22-5-7-33-27(13-22)37-41(40)17-29(30,31)32/h5,7,9-11,13-14,20,25H,4,6,8,12,15-17H2,1-3H3,(H,33,37)(H,34,35,36)/t20-,25-,41?/m1/s1. The molecule has 5 rings (SSSR count). The van der Waals surface area contributed by atoms with Crippen molar-refractivity contribution in [2.75, 3.05) is 22.3 Å². The summed E-state index contributed by atoms with van der Waals surface area (Å²) in [4.78, 5) is 18.1. The number of fused-ring (bicyclic) bond motifs is 1. The van der Waals surface area contributed by atoms with Crippen molar-refractivity contribution in [2.45, 2.75) is 65.0 Å². The number of nitrogens with zero attached hydrogens (tertiary/aromatic N) is 5. The fourth-order valence-electron chi connectivity index (χ4n) is 5.69. The van der Waals surface area contributed by atoms with Crippen molar-refractivity contribution in [2.24, 2.45) is 0 Å². The van der Waals surface area contributed by atoms with Crippen molar-refractivity contribution in [3.63, 3.8) is 0 Å². The maximum absolute atomic E-state index is 12.6. The Labute approximate surface area is 241 Å². The molecule has 1 unspecified atom stereocenters. The molecule has 0 spiro atoms. The summed E-state index contributed by atoms with van der Waals surface area (Å²) in [5, 5.41) is 3.34. The number of rotatable bonds is 8. The lowest BCUT2D eigenvalue weighted by Gasteiger charge is -2.43. The van der Waals surface area contributed by atoms with Gasteiger partial charge in [-0.15, -0.1) is 0 Å². The van der Waals surface area contributed by atoms with Gasteiger partial charge in [0.25, 0.3) is 0 Å². The number of aryl methyl sites for hydroxylation is 2. The molecule has 8 nitrogen and oxygen atoms in total. The lowest BCUT2D eigenvalue weighted by Crippen LogP contribution is -2.46. The second kappa shape index (κ2) is 11.9. The number of halogens is 3. The zero-order chi connectivity index (χ0) is 29.3. The van der Waals surface area contributed by atoms with Crippen molar-refractivity contribution in [1.29, 1.82) is 0 Å². The van der Waals surface area contributed by atoms with Gasteiger partial charge in [0.2, 0.25) is 11.7 Å². The van der Waals surface area contributed by atoms with Crippen LogP contribution in [0.2, 0.25) is 0 Å². The van der Waals surface area contributed by atoms with Gasteiger partial charge < -0.3 is 14.8 Å². The zero-order valence-corrected chi connectivity index (χ0v) is 24.1. The monoisotopic (exact) mass is 585 g/mol. The largest absolute Gasteiger partial charge is 0.593 e. The van der Waals surface area contributed by atoms with Crippen LogP contribution in [-0.4, -0.2) is 59.9 Å². The highest BCUT2D eigenvalue weighted by Crippen LogP contribution is 2.33. The van der Waals surface area contributed by atoms with E-state index in [0.29, 0.717) is 12.0 Å². The molecule has 0 bridgehead atoms. The quantitative estimate of drug-likeness (QED) is 0.325. The fourth-order valence-corrected chi connectivity index (χ4v) is 6.40. The molecule has 2 aliphatic rings. The minimum Gasteiger partial charge on any atom is -0.593 e. The third-order valence-corrected chi connectivity index (χ3v) is 8.50. The predicted molar refractivity (Wildman–Crippen MR) is 156 cm³/mol. The van der Waals surface area contributed by atoms with E-state index in [0.717, 1.165) is 60.7 Å². The van der Waals surface area contributed by atoms with Gasteiger partial charge >= 0.3 is 6.18 Å². The van der Waals surface area contributed by atoms with Crippen LogP contribution in [0.25, 0.3) is 5.70 Å². The van der Waals surface area contributed by atoms with E-state index in [1.54, 1.807) is 12.1 Å². The highest BCUT2D eigenvalue weighted by atomic mass is 32.2. The molecule has 12 heteroatoms. The molecule has 1 fully saturated rings. The normalized spacial score (nSPS) is 20.0. The first-order valence-electron chi connectivity index (χ1n) is 13.5. The van der Waals surface area contributed by atoms with Crippen LogP contribution in [0, 0.1) is 13.8 Å². The van der Waals surface area contributed by atoms with Crippen LogP contribution in [-0.2, 0) is 24.5 Å². The molecular formula is C29H34F3N7OS. The van der Waals surface area contributed by atoms with Crippen LogP contribution in [0.1, 0.15) is 47.7 Å². The van der Waals surface area contributed by atoms with Crippen LogP contribution >= 0.6 is 0 Å². The molecule has 2 N–H and O–H groups in total. The Balaban J connectivity index is 1.18. The number of likely N-dealkylation sites (tertiary alicyclic amines) is 1. The van der Waals surface area contributed by atoms with Gasteiger partial charge in [0.05, 0.1) is 17.1 Å². The average Bonchev–Trinajstić information content (AvgIpc) is 3.30. The van der Waals surface area contributed by atoms with Gasteiger partial charge in [-0.2, -0.15) is 17.9 Å². The fraction of sp³-hybridized carbons (Fsp3) is 0.414. The zero-order valence-electron chi connectivity index (χ0n) is 23.3. The van der Waals surface area contributed by atoms with Crippen LogP contribution in [0.3, 0.4) is 0 Å². The summed E-state index contributed by atoms with van der Waals surface area (Å²) in [5.74, 6) is -0.722. The molecule has 1 aromatic carbocycles.